The Kier molecular flexibility index (Phi) is 3.65. The van der Waals surface area contributed by atoms with Crippen molar-refractivity contribution < 1.29 is 14.3 Å². The van der Waals surface area contributed by atoms with Crippen LogP contribution >= 0.6 is 0 Å². The molecule has 2 aromatic carbocycles. The fourth-order valence-corrected chi connectivity index (χ4v) is 3.12. The van der Waals surface area contributed by atoms with Crippen LogP contribution in [-0.2, 0) is 0 Å². The van der Waals surface area contributed by atoms with Gasteiger partial charge in [-0.15, -0.1) is 0 Å². The van der Waals surface area contributed by atoms with E-state index in [1.165, 1.54) is 0 Å². The molecule has 0 saturated heterocycles. The lowest BCUT2D eigenvalue weighted by atomic mass is 9.96. The van der Waals surface area contributed by atoms with Gasteiger partial charge < -0.3 is 14.8 Å². The average Bonchev–Trinajstić information content (AvgIpc) is 3.23. The van der Waals surface area contributed by atoms with Crippen molar-refractivity contribution in [1.29, 1.82) is 0 Å². The number of H-pyrrole nitrogens is 1. The number of aromatic amines is 1. The Balaban J connectivity index is 1.80. The summed E-state index contributed by atoms with van der Waals surface area (Å²) in [7, 11) is 3.25. The first kappa shape index (κ1) is 15.3. The average molecular weight is 335 g/mol. The van der Waals surface area contributed by atoms with Gasteiger partial charge in [-0.3, -0.25) is 9.89 Å². The topological polar surface area (TPSA) is 76.2 Å². The number of carbonyl (C=O) groups excluding carboxylic acids is 1. The zero-order chi connectivity index (χ0) is 17.4. The minimum Gasteiger partial charge on any atom is -0.497 e. The van der Waals surface area contributed by atoms with Gasteiger partial charge >= 0.3 is 0 Å². The molecule has 0 radical (unpaired) electrons. The van der Waals surface area contributed by atoms with E-state index in [4.69, 9.17) is 9.47 Å². The molecule has 6 nitrogen and oxygen atoms in total. The van der Waals surface area contributed by atoms with Gasteiger partial charge in [0.05, 0.1) is 26.0 Å². The Labute approximate surface area is 144 Å². The Hall–Kier alpha value is -3.28. The van der Waals surface area contributed by atoms with Gasteiger partial charge in [-0.05, 0) is 29.8 Å². The molecular formula is C19H17N3O3. The zero-order valence-electron chi connectivity index (χ0n) is 13.9. The predicted molar refractivity (Wildman–Crippen MR) is 92.9 cm³/mol. The van der Waals surface area contributed by atoms with Gasteiger partial charge in [-0.1, -0.05) is 24.3 Å². The number of benzene rings is 2. The Morgan fingerprint density at radius 2 is 1.76 bits per heavy atom. The van der Waals surface area contributed by atoms with Gasteiger partial charge in [0.15, 0.2) is 0 Å². The van der Waals surface area contributed by atoms with E-state index in [0.717, 1.165) is 33.9 Å². The Morgan fingerprint density at radius 3 is 2.48 bits per heavy atom. The summed E-state index contributed by atoms with van der Waals surface area (Å²) in [6.45, 7) is 0. The number of ether oxygens (including phenoxy) is 2. The minimum absolute atomic E-state index is 0.155. The maximum atomic E-state index is 12.3. The van der Waals surface area contributed by atoms with Crippen LogP contribution in [0.1, 0.15) is 27.7 Å². The second-order valence-corrected chi connectivity index (χ2v) is 5.77. The monoisotopic (exact) mass is 335 g/mol. The van der Waals surface area contributed by atoms with Crippen molar-refractivity contribution in [3.8, 4) is 22.8 Å². The van der Waals surface area contributed by atoms with E-state index in [9.17, 15) is 4.79 Å². The number of nitrogens with one attached hydrogen (secondary N) is 2. The van der Waals surface area contributed by atoms with E-state index < -0.39 is 0 Å². The quantitative estimate of drug-likeness (QED) is 0.769. The number of hydrogen-bond acceptors (Lipinski definition) is 4. The first-order valence-corrected chi connectivity index (χ1v) is 7.88. The molecule has 25 heavy (non-hydrogen) atoms. The maximum Gasteiger partial charge on any atom is 0.270 e. The minimum atomic E-state index is -0.256. The lowest BCUT2D eigenvalue weighted by Gasteiger charge is -2.14. The van der Waals surface area contributed by atoms with Crippen LogP contribution in [0.15, 0.2) is 48.5 Å². The van der Waals surface area contributed by atoms with Gasteiger partial charge in [0.1, 0.15) is 17.2 Å². The number of fused-ring (bicyclic) bond motifs is 1. The number of carbonyl (C=O) groups is 1. The fourth-order valence-electron chi connectivity index (χ4n) is 3.12. The molecule has 2 heterocycles. The second-order valence-electron chi connectivity index (χ2n) is 5.77. The smallest absolute Gasteiger partial charge is 0.270 e. The van der Waals surface area contributed by atoms with E-state index >= 15 is 0 Å². The summed E-state index contributed by atoms with van der Waals surface area (Å²) in [6.07, 6.45) is 0. The number of aromatic nitrogens is 2. The van der Waals surface area contributed by atoms with Gasteiger partial charge in [-0.25, -0.2) is 0 Å². The summed E-state index contributed by atoms with van der Waals surface area (Å²) >= 11 is 0. The van der Waals surface area contributed by atoms with Crippen LogP contribution in [0.4, 0.5) is 0 Å². The number of amides is 1. The Morgan fingerprint density at radius 1 is 1.00 bits per heavy atom. The normalized spacial score (nSPS) is 15.6. The SMILES string of the molecule is COc1ccc(C2NC(=O)c3[nH]nc(-c4cccc(OC)c4)c32)cc1. The van der Waals surface area contributed by atoms with Crippen LogP contribution < -0.4 is 14.8 Å². The summed E-state index contributed by atoms with van der Waals surface area (Å²) in [6, 6.07) is 15.0. The molecule has 3 aromatic rings. The predicted octanol–water partition coefficient (Wildman–Crippen LogP) is 2.93. The molecule has 0 aliphatic carbocycles. The molecule has 0 spiro atoms. The molecule has 1 amide bonds. The van der Waals surface area contributed by atoms with Crippen molar-refractivity contribution in [2.24, 2.45) is 0 Å². The van der Waals surface area contributed by atoms with E-state index in [0.29, 0.717) is 5.69 Å². The highest BCUT2D eigenvalue weighted by atomic mass is 16.5. The summed E-state index contributed by atoms with van der Waals surface area (Å²) in [5.41, 5.74) is 3.96. The van der Waals surface area contributed by atoms with E-state index in [2.05, 4.69) is 15.5 Å². The summed E-state index contributed by atoms with van der Waals surface area (Å²) in [5, 5.41) is 10.3. The summed E-state index contributed by atoms with van der Waals surface area (Å²) in [5.74, 6) is 1.36. The lowest BCUT2D eigenvalue weighted by Crippen LogP contribution is -2.21. The number of nitrogens with zero attached hydrogens (tertiary/aromatic N) is 1. The molecule has 4 rings (SSSR count). The van der Waals surface area contributed by atoms with Gasteiger partial charge in [0, 0.05) is 11.1 Å². The van der Waals surface area contributed by atoms with Crippen LogP contribution in [0, 0.1) is 0 Å². The first-order chi connectivity index (χ1) is 12.2. The third-order valence-corrected chi connectivity index (χ3v) is 4.39. The fraction of sp³-hybridized carbons (Fsp3) is 0.158. The summed E-state index contributed by atoms with van der Waals surface area (Å²) in [4.78, 5) is 12.3. The highest BCUT2D eigenvalue weighted by molar-refractivity contribution is 6.00. The molecule has 0 saturated carbocycles. The van der Waals surface area contributed by atoms with E-state index in [-0.39, 0.29) is 11.9 Å². The van der Waals surface area contributed by atoms with Crippen molar-refractivity contribution in [1.82, 2.24) is 15.5 Å². The molecule has 1 aliphatic rings. The number of hydrogen-bond donors (Lipinski definition) is 2. The van der Waals surface area contributed by atoms with Crippen LogP contribution in [0.2, 0.25) is 0 Å². The molecule has 0 bridgehead atoms. The molecule has 1 atom stereocenters. The molecule has 1 aromatic heterocycles. The number of rotatable bonds is 4. The van der Waals surface area contributed by atoms with Gasteiger partial charge in [0.25, 0.3) is 5.91 Å². The van der Waals surface area contributed by atoms with E-state index in [1.54, 1.807) is 14.2 Å². The van der Waals surface area contributed by atoms with Crippen molar-refractivity contribution in [3.63, 3.8) is 0 Å². The molecular weight excluding hydrogens is 318 g/mol. The summed E-state index contributed by atoms with van der Waals surface area (Å²) < 4.78 is 10.5. The van der Waals surface area contributed by atoms with Gasteiger partial charge in [0.2, 0.25) is 0 Å². The van der Waals surface area contributed by atoms with Crippen molar-refractivity contribution in [2.75, 3.05) is 14.2 Å². The third kappa shape index (κ3) is 2.52. The highest BCUT2D eigenvalue weighted by Gasteiger charge is 2.35. The highest BCUT2D eigenvalue weighted by Crippen LogP contribution is 2.38. The van der Waals surface area contributed by atoms with Crippen molar-refractivity contribution >= 4 is 5.91 Å². The van der Waals surface area contributed by atoms with Crippen molar-refractivity contribution in [3.05, 3.63) is 65.4 Å². The zero-order valence-corrected chi connectivity index (χ0v) is 13.9. The lowest BCUT2D eigenvalue weighted by molar-refractivity contribution is 0.0955. The number of methoxy groups -OCH3 is 2. The van der Waals surface area contributed by atoms with Crippen LogP contribution in [0.25, 0.3) is 11.3 Å². The van der Waals surface area contributed by atoms with Crippen LogP contribution in [-0.4, -0.2) is 30.3 Å². The van der Waals surface area contributed by atoms with Gasteiger partial charge in [-0.2, -0.15) is 5.10 Å². The molecule has 6 heteroatoms. The largest absolute Gasteiger partial charge is 0.497 e. The third-order valence-electron chi connectivity index (χ3n) is 4.39. The Bertz CT molecular complexity index is 931. The van der Waals surface area contributed by atoms with Crippen LogP contribution in [0.3, 0.4) is 0 Å². The maximum absolute atomic E-state index is 12.3. The molecule has 0 fully saturated rings. The molecule has 1 unspecified atom stereocenters. The van der Waals surface area contributed by atoms with E-state index in [1.807, 2.05) is 48.5 Å². The molecule has 2 N–H and O–H groups in total. The molecule has 1 aliphatic heterocycles. The second kappa shape index (κ2) is 5.98. The molecule has 126 valence electrons. The van der Waals surface area contributed by atoms with Crippen LogP contribution in [0.5, 0.6) is 11.5 Å². The van der Waals surface area contributed by atoms with Crippen molar-refractivity contribution in [2.45, 2.75) is 6.04 Å². The standard InChI is InChI=1S/C19H17N3O3/c1-24-13-8-6-11(7-9-13)16-15-17(21-22-18(15)19(23)20-16)12-4-3-5-14(10-12)25-2/h3-10,16H,1-2H3,(H,20,23)(H,21,22). The first-order valence-electron chi connectivity index (χ1n) is 7.88.